The summed E-state index contributed by atoms with van der Waals surface area (Å²) in [7, 11) is 0. The molecule has 0 saturated carbocycles. The van der Waals surface area contributed by atoms with Crippen molar-refractivity contribution >= 4 is 5.97 Å². The van der Waals surface area contributed by atoms with Gasteiger partial charge in [0, 0.05) is 6.42 Å². The summed E-state index contributed by atoms with van der Waals surface area (Å²) in [4.78, 5) is 10.4. The lowest BCUT2D eigenvalue weighted by Gasteiger charge is -2.02. The minimum absolute atomic E-state index is 0.339. The van der Waals surface area contributed by atoms with E-state index in [-0.39, 0.29) is 0 Å². The van der Waals surface area contributed by atoms with E-state index in [2.05, 4.69) is 19.1 Å². The van der Waals surface area contributed by atoms with E-state index in [9.17, 15) is 4.79 Å². The maximum absolute atomic E-state index is 10.4. The van der Waals surface area contributed by atoms with Crippen LogP contribution in [0.15, 0.2) is 12.2 Å². The highest BCUT2D eigenvalue weighted by molar-refractivity contribution is 5.66. The monoisotopic (exact) mass is 408 g/mol. The molecule has 0 radical (unpaired) electrons. The van der Waals surface area contributed by atoms with Gasteiger partial charge in [-0.15, -0.1) is 0 Å². The highest BCUT2D eigenvalue weighted by atomic mass is 16.4. The van der Waals surface area contributed by atoms with Gasteiger partial charge in [-0.3, -0.25) is 4.79 Å². The fourth-order valence-electron chi connectivity index (χ4n) is 3.94. The number of carbonyl (C=O) groups is 1. The smallest absolute Gasteiger partial charge is 0.303 e. The molecule has 0 saturated heterocycles. The molecule has 0 atom stereocenters. The molecule has 0 aliphatic heterocycles. The molecule has 0 unspecified atom stereocenters. The van der Waals surface area contributed by atoms with Crippen molar-refractivity contribution in [1.82, 2.24) is 0 Å². The fraction of sp³-hybridized carbons (Fsp3) is 0.889. The Morgan fingerprint density at radius 2 is 0.828 bits per heavy atom. The third kappa shape index (κ3) is 27.2. The third-order valence-corrected chi connectivity index (χ3v) is 5.90. The first-order chi connectivity index (χ1) is 14.3. The Morgan fingerprint density at radius 3 is 1.17 bits per heavy atom. The molecule has 0 spiro atoms. The van der Waals surface area contributed by atoms with Crippen molar-refractivity contribution in [1.29, 1.82) is 0 Å². The number of rotatable bonds is 24. The number of carboxylic acids is 1. The number of unbranched alkanes of at least 4 members (excludes halogenated alkanes) is 20. The zero-order valence-electron chi connectivity index (χ0n) is 19.8. The molecule has 29 heavy (non-hydrogen) atoms. The minimum atomic E-state index is -0.656. The van der Waals surface area contributed by atoms with Crippen LogP contribution >= 0.6 is 0 Å². The van der Waals surface area contributed by atoms with E-state index >= 15 is 0 Å². The van der Waals surface area contributed by atoms with Gasteiger partial charge in [0.2, 0.25) is 0 Å². The maximum atomic E-state index is 10.4. The highest BCUT2D eigenvalue weighted by Crippen LogP contribution is 2.13. The number of hydrogen-bond donors (Lipinski definition) is 1. The average molecular weight is 409 g/mol. The van der Waals surface area contributed by atoms with E-state index in [0.717, 1.165) is 12.8 Å². The van der Waals surface area contributed by atoms with Gasteiger partial charge in [0.15, 0.2) is 0 Å². The minimum Gasteiger partial charge on any atom is -0.481 e. The SMILES string of the molecule is CCCCCCCCCCCCCCC=CCCCCCCCCCCC(=O)O. The first-order valence-electron chi connectivity index (χ1n) is 13.1. The van der Waals surface area contributed by atoms with Crippen LogP contribution in [-0.4, -0.2) is 11.1 Å². The molecule has 0 amide bonds. The summed E-state index contributed by atoms with van der Waals surface area (Å²) in [5.41, 5.74) is 0. The molecule has 0 aliphatic rings. The predicted octanol–water partition coefficient (Wildman–Crippen LogP) is 9.62. The number of aliphatic carboxylic acids is 1. The quantitative estimate of drug-likeness (QED) is 0.127. The number of hydrogen-bond acceptors (Lipinski definition) is 1. The van der Waals surface area contributed by atoms with E-state index in [0.29, 0.717) is 6.42 Å². The van der Waals surface area contributed by atoms with Gasteiger partial charge in [0.1, 0.15) is 0 Å². The molecule has 0 aromatic rings. The molecule has 2 nitrogen and oxygen atoms in total. The van der Waals surface area contributed by atoms with Crippen molar-refractivity contribution in [2.45, 2.75) is 155 Å². The Labute approximate surface area is 182 Å². The highest BCUT2D eigenvalue weighted by Gasteiger charge is 1.96. The molecule has 0 heterocycles. The second kappa shape index (κ2) is 25.2. The van der Waals surface area contributed by atoms with E-state index in [4.69, 9.17) is 5.11 Å². The zero-order valence-corrected chi connectivity index (χ0v) is 19.8. The van der Waals surface area contributed by atoms with Crippen LogP contribution in [0.25, 0.3) is 0 Å². The summed E-state index contributed by atoms with van der Waals surface area (Å²) in [6.45, 7) is 2.29. The first-order valence-corrected chi connectivity index (χ1v) is 13.1. The fourth-order valence-corrected chi connectivity index (χ4v) is 3.94. The summed E-state index contributed by atoms with van der Waals surface area (Å²) in [6.07, 6.45) is 34.5. The van der Waals surface area contributed by atoms with Gasteiger partial charge in [-0.25, -0.2) is 0 Å². The number of carboxylic acid groups (broad SMARTS) is 1. The average Bonchev–Trinajstić information content (AvgIpc) is 2.71. The third-order valence-electron chi connectivity index (χ3n) is 5.90. The topological polar surface area (TPSA) is 37.3 Å². The standard InChI is InChI=1S/C27H52O2/c1-2-3-4-5-6-7-8-9-10-11-12-13-14-15-16-17-18-19-20-21-22-23-24-25-26-27(28)29/h15-16H,2-14,17-26H2,1H3,(H,28,29). The predicted molar refractivity (Wildman–Crippen MR) is 129 cm³/mol. The van der Waals surface area contributed by atoms with Crippen LogP contribution < -0.4 is 0 Å². The molecule has 0 rings (SSSR count). The molecular formula is C27H52O2. The Hall–Kier alpha value is -0.790. The molecule has 0 aliphatic carbocycles. The Morgan fingerprint density at radius 1 is 0.517 bits per heavy atom. The summed E-state index contributed by atoms with van der Waals surface area (Å²) >= 11 is 0. The maximum Gasteiger partial charge on any atom is 0.303 e. The molecular weight excluding hydrogens is 356 g/mol. The van der Waals surface area contributed by atoms with Gasteiger partial charge < -0.3 is 5.11 Å². The van der Waals surface area contributed by atoms with E-state index < -0.39 is 5.97 Å². The molecule has 1 N–H and O–H groups in total. The summed E-state index contributed by atoms with van der Waals surface area (Å²) < 4.78 is 0. The van der Waals surface area contributed by atoms with E-state index in [1.165, 1.54) is 128 Å². The Bertz CT molecular complexity index is 348. The van der Waals surface area contributed by atoms with Crippen LogP contribution in [0.4, 0.5) is 0 Å². The molecule has 2 heteroatoms. The van der Waals surface area contributed by atoms with Crippen molar-refractivity contribution in [3.05, 3.63) is 12.2 Å². The summed E-state index contributed by atoms with van der Waals surface area (Å²) in [6, 6.07) is 0. The second-order valence-corrected chi connectivity index (χ2v) is 8.91. The van der Waals surface area contributed by atoms with Crippen LogP contribution in [0.1, 0.15) is 155 Å². The zero-order chi connectivity index (χ0) is 21.3. The van der Waals surface area contributed by atoms with Crippen molar-refractivity contribution in [3.8, 4) is 0 Å². The van der Waals surface area contributed by atoms with Crippen molar-refractivity contribution < 1.29 is 9.90 Å². The lowest BCUT2D eigenvalue weighted by molar-refractivity contribution is -0.137. The van der Waals surface area contributed by atoms with Gasteiger partial charge >= 0.3 is 5.97 Å². The van der Waals surface area contributed by atoms with Gasteiger partial charge in [-0.2, -0.15) is 0 Å². The molecule has 172 valence electrons. The largest absolute Gasteiger partial charge is 0.481 e. The summed E-state index contributed by atoms with van der Waals surface area (Å²) in [5.74, 6) is -0.656. The van der Waals surface area contributed by atoms with Crippen LogP contribution in [0.5, 0.6) is 0 Å². The van der Waals surface area contributed by atoms with Crippen LogP contribution in [0.2, 0.25) is 0 Å². The van der Waals surface area contributed by atoms with Crippen LogP contribution in [0.3, 0.4) is 0 Å². The van der Waals surface area contributed by atoms with Crippen LogP contribution in [-0.2, 0) is 4.79 Å². The summed E-state index contributed by atoms with van der Waals surface area (Å²) in [5, 5.41) is 8.59. The van der Waals surface area contributed by atoms with E-state index in [1.54, 1.807) is 0 Å². The Kier molecular flexibility index (Phi) is 24.6. The van der Waals surface area contributed by atoms with Crippen molar-refractivity contribution in [2.75, 3.05) is 0 Å². The number of allylic oxidation sites excluding steroid dienone is 2. The van der Waals surface area contributed by atoms with Gasteiger partial charge in [0.05, 0.1) is 0 Å². The lowest BCUT2D eigenvalue weighted by atomic mass is 10.0. The van der Waals surface area contributed by atoms with Crippen molar-refractivity contribution in [3.63, 3.8) is 0 Å². The second-order valence-electron chi connectivity index (χ2n) is 8.91. The van der Waals surface area contributed by atoms with E-state index in [1.807, 2.05) is 0 Å². The van der Waals surface area contributed by atoms with Gasteiger partial charge in [-0.05, 0) is 32.1 Å². The molecule has 0 bridgehead atoms. The van der Waals surface area contributed by atoms with Gasteiger partial charge in [-0.1, -0.05) is 128 Å². The first kappa shape index (κ1) is 28.2. The lowest BCUT2D eigenvalue weighted by Crippen LogP contribution is -1.93. The van der Waals surface area contributed by atoms with Gasteiger partial charge in [0.25, 0.3) is 0 Å². The Balaban J connectivity index is 3.08. The van der Waals surface area contributed by atoms with Crippen LogP contribution in [0, 0.1) is 0 Å². The normalized spacial score (nSPS) is 11.5. The molecule has 0 aromatic heterocycles. The molecule has 0 fully saturated rings. The molecule has 0 aromatic carbocycles. The van der Waals surface area contributed by atoms with Crippen molar-refractivity contribution in [2.24, 2.45) is 0 Å².